The highest BCUT2D eigenvalue weighted by Gasteiger charge is 2.25. The third-order valence-corrected chi connectivity index (χ3v) is 3.38. The quantitative estimate of drug-likeness (QED) is 0.792. The minimum Gasteiger partial charge on any atom is -0.388 e. The van der Waals surface area contributed by atoms with Crippen LogP contribution in [0.4, 0.5) is 10.5 Å². The van der Waals surface area contributed by atoms with E-state index in [1.807, 2.05) is 34.6 Å². The first kappa shape index (κ1) is 16.5. The largest absolute Gasteiger partial charge is 0.388 e. The zero-order valence-electron chi connectivity index (χ0n) is 13.2. The zero-order valence-corrected chi connectivity index (χ0v) is 13.2. The Kier molecular flexibility index (Phi) is 4.81. The summed E-state index contributed by atoms with van der Waals surface area (Å²) in [6, 6.07) is -0.348. The molecule has 0 saturated carbocycles. The van der Waals surface area contributed by atoms with E-state index in [9.17, 15) is 9.90 Å². The lowest BCUT2D eigenvalue weighted by Gasteiger charge is -2.27. The van der Waals surface area contributed by atoms with E-state index >= 15 is 0 Å². The highest BCUT2D eigenvalue weighted by atomic mass is 16.3. The second-order valence-corrected chi connectivity index (χ2v) is 6.66. The van der Waals surface area contributed by atoms with Gasteiger partial charge in [0.05, 0.1) is 23.0 Å². The molecule has 1 aromatic rings. The van der Waals surface area contributed by atoms with Crippen LogP contribution in [-0.4, -0.2) is 33.1 Å². The number of carbonyl (C=O) groups is 1. The Bertz CT molecular complexity index is 458. The predicted molar refractivity (Wildman–Crippen MR) is 79.7 cm³/mol. The van der Waals surface area contributed by atoms with Gasteiger partial charge in [0.1, 0.15) is 0 Å². The molecule has 0 bridgehead atoms. The smallest absolute Gasteiger partial charge is 0.319 e. The van der Waals surface area contributed by atoms with Crippen LogP contribution in [0.25, 0.3) is 0 Å². The molecule has 1 rings (SSSR count). The van der Waals surface area contributed by atoms with E-state index in [0.717, 1.165) is 0 Å². The van der Waals surface area contributed by atoms with Crippen LogP contribution in [0.2, 0.25) is 0 Å². The molecule has 20 heavy (non-hydrogen) atoms. The van der Waals surface area contributed by atoms with E-state index in [1.54, 1.807) is 24.0 Å². The van der Waals surface area contributed by atoms with Gasteiger partial charge in [0.15, 0.2) is 0 Å². The van der Waals surface area contributed by atoms with E-state index in [4.69, 9.17) is 0 Å². The molecule has 1 unspecified atom stereocenters. The maximum atomic E-state index is 11.8. The van der Waals surface area contributed by atoms with Gasteiger partial charge in [-0.1, -0.05) is 13.8 Å². The van der Waals surface area contributed by atoms with Gasteiger partial charge in [0.2, 0.25) is 0 Å². The van der Waals surface area contributed by atoms with Gasteiger partial charge in [0, 0.05) is 12.7 Å². The topological polar surface area (TPSA) is 79.2 Å². The number of hydrogen-bond donors (Lipinski definition) is 3. The molecule has 1 aromatic heterocycles. The maximum Gasteiger partial charge on any atom is 0.319 e. The monoisotopic (exact) mass is 282 g/mol. The number of urea groups is 1. The van der Waals surface area contributed by atoms with Crippen LogP contribution in [0.15, 0.2) is 12.4 Å². The van der Waals surface area contributed by atoms with Crippen LogP contribution in [-0.2, 0) is 5.54 Å². The van der Waals surface area contributed by atoms with Crippen molar-refractivity contribution in [1.29, 1.82) is 0 Å². The van der Waals surface area contributed by atoms with Crippen molar-refractivity contribution in [3.63, 3.8) is 0 Å². The molecule has 3 N–H and O–H groups in total. The van der Waals surface area contributed by atoms with Gasteiger partial charge in [-0.15, -0.1) is 0 Å². The number of hydrogen-bond acceptors (Lipinski definition) is 3. The van der Waals surface area contributed by atoms with E-state index < -0.39 is 5.60 Å². The number of aliphatic hydroxyl groups is 1. The zero-order chi connectivity index (χ0) is 15.6. The Hall–Kier alpha value is -1.56. The number of anilines is 1. The first-order valence-corrected chi connectivity index (χ1v) is 6.85. The van der Waals surface area contributed by atoms with Gasteiger partial charge in [-0.25, -0.2) is 4.79 Å². The number of amides is 2. The Balaban J connectivity index is 2.53. The molecule has 0 aromatic carbocycles. The SMILES string of the molecule is CC(C)C(C)(O)CNC(=O)Nc1cnn(C(C)(C)C)c1. The minimum atomic E-state index is -0.924. The lowest BCUT2D eigenvalue weighted by atomic mass is 9.93. The molecule has 0 spiro atoms. The lowest BCUT2D eigenvalue weighted by molar-refractivity contribution is 0.0170. The molecule has 0 aliphatic heterocycles. The van der Waals surface area contributed by atoms with Gasteiger partial charge < -0.3 is 15.7 Å². The van der Waals surface area contributed by atoms with Crippen molar-refractivity contribution in [2.24, 2.45) is 5.92 Å². The summed E-state index contributed by atoms with van der Waals surface area (Å²) < 4.78 is 1.78. The molecule has 2 amide bonds. The Morgan fingerprint density at radius 3 is 2.45 bits per heavy atom. The number of rotatable bonds is 4. The van der Waals surface area contributed by atoms with Crippen molar-refractivity contribution in [2.45, 2.75) is 52.7 Å². The molecule has 6 heteroatoms. The van der Waals surface area contributed by atoms with Crippen molar-refractivity contribution in [2.75, 3.05) is 11.9 Å². The van der Waals surface area contributed by atoms with Crippen molar-refractivity contribution < 1.29 is 9.90 Å². The van der Waals surface area contributed by atoms with Gasteiger partial charge in [-0.3, -0.25) is 4.68 Å². The van der Waals surface area contributed by atoms with Gasteiger partial charge in [-0.2, -0.15) is 5.10 Å². The van der Waals surface area contributed by atoms with Crippen LogP contribution >= 0.6 is 0 Å². The number of carbonyl (C=O) groups excluding carboxylic acids is 1. The number of aromatic nitrogens is 2. The first-order valence-electron chi connectivity index (χ1n) is 6.85. The van der Waals surface area contributed by atoms with E-state index in [1.165, 1.54) is 0 Å². The molecule has 0 fully saturated rings. The third kappa shape index (κ3) is 4.52. The molecule has 114 valence electrons. The average molecular weight is 282 g/mol. The molecule has 0 radical (unpaired) electrons. The van der Waals surface area contributed by atoms with Gasteiger partial charge in [0.25, 0.3) is 0 Å². The molecule has 0 aliphatic carbocycles. The van der Waals surface area contributed by atoms with Gasteiger partial charge in [-0.05, 0) is 33.6 Å². The highest BCUT2D eigenvalue weighted by Crippen LogP contribution is 2.16. The molecule has 6 nitrogen and oxygen atoms in total. The molecule has 0 aliphatic rings. The summed E-state index contributed by atoms with van der Waals surface area (Å²) in [5.41, 5.74) is -0.424. The summed E-state index contributed by atoms with van der Waals surface area (Å²) in [5, 5.41) is 19.6. The lowest BCUT2D eigenvalue weighted by Crippen LogP contribution is -2.45. The fourth-order valence-electron chi connectivity index (χ4n) is 1.39. The highest BCUT2D eigenvalue weighted by molar-refractivity contribution is 5.88. The van der Waals surface area contributed by atoms with Crippen LogP contribution in [0.5, 0.6) is 0 Å². The molecule has 1 atom stereocenters. The van der Waals surface area contributed by atoms with E-state index in [2.05, 4.69) is 15.7 Å². The predicted octanol–water partition coefficient (Wildman–Crippen LogP) is 2.17. The van der Waals surface area contributed by atoms with Crippen LogP contribution in [0.1, 0.15) is 41.5 Å². The Morgan fingerprint density at radius 2 is 2.00 bits per heavy atom. The molecule has 1 heterocycles. The maximum absolute atomic E-state index is 11.8. The van der Waals surface area contributed by atoms with Crippen LogP contribution < -0.4 is 10.6 Å². The number of nitrogens with one attached hydrogen (secondary N) is 2. The summed E-state index contributed by atoms with van der Waals surface area (Å²) in [6.45, 7) is 11.8. The summed E-state index contributed by atoms with van der Waals surface area (Å²) >= 11 is 0. The first-order chi connectivity index (χ1) is 9.02. The summed E-state index contributed by atoms with van der Waals surface area (Å²) in [5.74, 6) is 0.0615. The summed E-state index contributed by atoms with van der Waals surface area (Å²) in [6.07, 6.45) is 3.38. The second kappa shape index (κ2) is 5.83. The van der Waals surface area contributed by atoms with Crippen molar-refractivity contribution in [1.82, 2.24) is 15.1 Å². The average Bonchev–Trinajstić information content (AvgIpc) is 2.74. The second-order valence-electron chi connectivity index (χ2n) is 6.66. The fourth-order valence-corrected chi connectivity index (χ4v) is 1.39. The minimum absolute atomic E-state index is 0.0615. The normalized spacial score (nSPS) is 15.0. The molecular weight excluding hydrogens is 256 g/mol. The molecular formula is C14H26N4O2. The molecule has 0 saturated heterocycles. The number of nitrogens with zero attached hydrogens (tertiary/aromatic N) is 2. The van der Waals surface area contributed by atoms with Crippen molar-refractivity contribution >= 4 is 11.7 Å². The van der Waals surface area contributed by atoms with Crippen LogP contribution in [0.3, 0.4) is 0 Å². The fraction of sp³-hybridized carbons (Fsp3) is 0.714. The van der Waals surface area contributed by atoms with E-state index in [-0.39, 0.29) is 24.0 Å². The standard InChI is InChI=1S/C14H26N4O2/c1-10(2)14(6,20)9-15-12(19)17-11-7-16-18(8-11)13(3,4)5/h7-8,10,20H,9H2,1-6H3,(H2,15,17,19). The third-order valence-electron chi connectivity index (χ3n) is 3.38. The van der Waals surface area contributed by atoms with Gasteiger partial charge >= 0.3 is 6.03 Å². The summed E-state index contributed by atoms with van der Waals surface area (Å²) in [4.78, 5) is 11.8. The van der Waals surface area contributed by atoms with Crippen molar-refractivity contribution in [3.8, 4) is 0 Å². The van der Waals surface area contributed by atoms with Crippen LogP contribution in [0, 0.1) is 5.92 Å². The van der Waals surface area contributed by atoms with E-state index in [0.29, 0.717) is 5.69 Å². The Morgan fingerprint density at radius 1 is 1.40 bits per heavy atom. The summed E-state index contributed by atoms with van der Waals surface area (Å²) in [7, 11) is 0. The Labute approximate surface area is 120 Å². The van der Waals surface area contributed by atoms with Crippen molar-refractivity contribution in [3.05, 3.63) is 12.4 Å².